The number of para-hydroxylation sites is 1. The summed E-state index contributed by atoms with van der Waals surface area (Å²) in [5.41, 5.74) is 5.97. The third-order valence-corrected chi connectivity index (χ3v) is 5.04. The smallest absolute Gasteiger partial charge is 0.204 e. The van der Waals surface area contributed by atoms with Gasteiger partial charge in [0.2, 0.25) is 5.13 Å². The SMILES string of the molecule is Clc1ccc(COc2cccc(/C=N/Nc3nc4ccccc4s3)c2)cc1. The number of hydrazone groups is 1. The predicted octanol–water partition coefficient (Wildman–Crippen LogP) is 5.97. The first kappa shape index (κ1) is 17.5. The summed E-state index contributed by atoms with van der Waals surface area (Å²) in [7, 11) is 0. The second-order valence-corrected chi connectivity index (χ2v) is 7.31. The highest BCUT2D eigenvalue weighted by Crippen LogP contribution is 2.25. The Kier molecular flexibility index (Phi) is 5.32. The monoisotopic (exact) mass is 393 g/mol. The van der Waals surface area contributed by atoms with Gasteiger partial charge < -0.3 is 4.74 Å². The molecule has 27 heavy (non-hydrogen) atoms. The molecular weight excluding hydrogens is 378 g/mol. The molecule has 0 spiro atoms. The Balaban J connectivity index is 1.38. The highest BCUT2D eigenvalue weighted by Gasteiger charge is 2.01. The number of fused-ring (bicyclic) bond motifs is 1. The topological polar surface area (TPSA) is 46.5 Å². The molecule has 1 N–H and O–H groups in total. The van der Waals surface area contributed by atoms with Crippen LogP contribution in [0.25, 0.3) is 10.2 Å². The summed E-state index contributed by atoms with van der Waals surface area (Å²) in [5.74, 6) is 0.786. The number of aromatic nitrogens is 1. The molecule has 0 saturated heterocycles. The highest BCUT2D eigenvalue weighted by atomic mass is 35.5. The van der Waals surface area contributed by atoms with Crippen molar-refractivity contribution in [1.29, 1.82) is 0 Å². The third-order valence-electron chi connectivity index (χ3n) is 3.84. The summed E-state index contributed by atoms with van der Waals surface area (Å²) in [6, 6.07) is 23.4. The summed E-state index contributed by atoms with van der Waals surface area (Å²) in [6.45, 7) is 0.488. The fraction of sp³-hybridized carbons (Fsp3) is 0.0476. The molecule has 0 aliphatic rings. The van der Waals surface area contributed by atoms with Crippen LogP contribution in [0.3, 0.4) is 0 Å². The first-order chi connectivity index (χ1) is 13.3. The van der Waals surface area contributed by atoms with Crippen molar-refractivity contribution in [2.75, 3.05) is 5.43 Å². The molecular formula is C21H16ClN3OS. The van der Waals surface area contributed by atoms with Crippen LogP contribution in [0.5, 0.6) is 5.75 Å². The lowest BCUT2D eigenvalue weighted by atomic mass is 10.2. The van der Waals surface area contributed by atoms with Crippen LogP contribution in [-0.2, 0) is 6.61 Å². The zero-order valence-electron chi connectivity index (χ0n) is 14.3. The summed E-state index contributed by atoms with van der Waals surface area (Å²) in [5, 5.41) is 5.77. The van der Waals surface area contributed by atoms with Gasteiger partial charge in [0.25, 0.3) is 0 Å². The molecule has 0 aliphatic carbocycles. The van der Waals surface area contributed by atoms with Gasteiger partial charge in [-0.25, -0.2) is 4.98 Å². The van der Waals surface area contributed by atoms with Crippen LogP contribution in [0.1, 0.15) is 11.1 Å². The van der Waals surface area contributed by atoms with Gasteiger partial charge in [0.15, 0.2) is 0 Å². The van der Waals surface area contributed by atoms with Crippen molar-refractivity contribution < 1.29 is 4.74 Å². The van der Waals surface area contributed by atoms with Crippen LogP contribution in [-0.4, -0.2) is 11.2 Å². The molecule has 4 aromatic rings. The number of nitrogens with zero attached hydrogens (tertiary/aromatic N) is 2. The van der Waals surface area contributed by atoms with Crippen molar-refractivity contribution in [1.82, 2.24) is 4.98 Å². The van der Waals surface area contributed by atoms with Gasteiger partial charge >= 0.3 is 0 Å². The van der Waals surface area contributed by atoms with Crippen molar-refractivity contribution >= 4 is 44.5 Å². The number of rotatable bonds is 6. The van der Waals surface area contributed by atoms with Crippen LogP contribution in [0.4, 0.5) is 5.13 Å². The van der Waals surface area contributed by atoms with E-state index in [-0.39, 0.29) is 0 Å². The van der Waals surface area contributed by atoms with E-state index in [9.17, 15) is 0 Å². The molecule has 1 aromatic heterocycles. The lowest BCUT2D eigenvalue weighted by molar-refractivity contribution is 0.306. The van der Waals surface area contributed by atoms with Gasteiger partial charge in [-0.3, -0.25) is 5.43 Å². The minimum absolute atomic E-state index is 0.488. The number of hydrogen-bond acceptors (Lipinski definition) is 5. The van der Waals surface area contributed by atoms with E-state index < -0.39 is 0 Å². The average molecular weight is 394 g/mol. The van der Waals surface area contributed by atoms with E-state index in [0.717, 1.165) is 37.2 Å². The maximum atomic E-state index is 5.90. The molecule has 0 radical (unpaired) electrons. The van der Waals surface area contributed by atoms with Crippen LogP contribution < -0.4 is 10.2 Å². The van der Waals surface area contributed by atoms with Crippen molar-refractivity contribution in [3.8, 4) is 5.75 Å². The van der Waals surface area contributed by atoms with Crippen LogP contribution in [0.15, 0.2) is 77.9 Å². The number of anilines is 1. The second-order valence-electron chi connectivity index (χ2n) is 5.84. The lowest BCUT2D eigenvalue weighted by Crippen LogP contribution is -1.96. The van der Waals surface area contributed by atoms with Gasteiger partial charge in [0, 0.05) is 5.02 Å². The molecule has 134 valence electrons. The number of ether oxygens (including phenoxy) is 1. The molecule has 1 heterocycles. The standard InChI is InChI=1S/C21H16ClN3OS/c22-17-10-8-15(9-11-17)14-26-18-5-3-4-16(12-18)13-23-25-21-24-19-6-1-2-7-20(19)27-21/h1-13H,14H2,(H,24,25)/b23-13+. The largest absolute Gasteiger partial charge is 0.489 e. The van der Waals surface area contributed by atoms with Gasteiger partial charge in [-0.1, -0.05) is 59.3 Å². The summed E-state index contributed by atoms with van der Waals surface area (Å²) in [4.78, 5) is 4.49. The quantitative estimate of drug-likeness (QED) is 0.324. The minimum Gasteiger partial charge on any atom is -0.489 e. The molecule has 0 bridgehead atoms. The Labute approximate surface area is 166 Å². The molecule has 4 rings (SSSR count). The number of hydrogen-bond donors (Lipinski definition) is 1. The molecule has 0 unspecified atom stereocenters. The predicted molar refractivity (Wildman–Crippen MR) is 113 cm³/mol. The molecule has 6 heteroatoms. The fourth-order valence-electron chi connectivity index (χ4n) is 2.51. The Hall–Kier alpha value is -2.89. The van der Waals surface area contributed by atoms with E-state index >= 15 is 0 Å². The first-order valence-corrected chi connectivity index (χ1v) is 9.58. The Morgan fingerprint density at radius 1 is 1.04 bits per heavy atom. The molecule has 4 nitrogen and oxygen atoms in total. The highest BCUT2D eigenvalue weighted by molar-refractivity contribution is 7.22. The van der Waals surface area contributed by atoms with Gasteiger partial charge in [0.1, 0.15) is 12.4 Å². The number of halogens is 1. The molecule has 0 atom stereocenters. The number of nitrogens with one attached hydrogen (secondary N) is 1. The van der Waals surface area contributed by atoms with Crippen LogP contribution in [0, 0.1) is 0 Å². The van der Waals surface area contributed by atoms with E-state index in [0.29, 0.717) is 6.61 Å². The van der Waals surface area contributed by atoms with Gasteiger partial charge in [-0.05, 0) is 47.5 Å². The third kappa shape index (κ3) is 4.64. The maximum Gasteiger partial charge on any atom is 0.204 e. The summed E-state index contributed by atoms with van der Waals surface area (Å²) < 4.78 is 6.97. The van der Waals surface area contributed by atoms with E-state index in [1.54, 1.807) is 17.6 Å². The fourth-order valence-corrected chi connectivity index (χ4v) is 3.46. The van der Waals surface area contributed by atoms with Gasteiger partial charge in [-0.2, -0.15) is 5.10 Å². The van der Waals surface area contributed by atoms with Gasteiger partial charge in [-0.15, -0.1) is 0 Å². The second kappa shape index (κ2) is 8.20. The van der Waals surface area contributed by atoms with E-state index in [1.165, 1.54) is 0 Å². The molecule has 0 saturated carbocycles. The Bertz CT molecular complexity index is 1040. The molecule has 3 aromatic carbocycles. The molecule has 0 amide bonds. The van der Waals surface area contributed by atoms with Crippen LogP contribution in [0.2, 0.25) is 5.02 Å². The zero-order chi connectivity index (χ0) is 18.5. The number of benzene rings is 3. The van der Waals surface area contributed by atoms with Crippen LogP contribution >= 0.6 is 22.9 Å². The zero-order valence-corrected chi connectivity index (χ0v) is 15.9. The summed E-state index contributed by atoms with van der Waals surface area (Å²) >= 11 is 7.47. The summed E-state index contributed by atoms with van der Waals surface area (Å²) in [6.07, 6.45) is 1.75. The Morgan fingerprint density at radius 3 is 2.74 bits per heavy atom. The van der Waals surface area contributed by atoms with Crippen molar-refractivity contribution in [3.05, 3.63) is 88.9 Å². The molecule has 0 fully saturated rings. The van der Waals surface area contributed by atoms with Gasteiger partial charge in [0.05, 0.1) is 16.4 Å². The maximum absolute atomic E-state index is 5.90. The Morgan fingerprint density at radius 2 is 1.89 bits per heavy atom. The first-order valence-electron chi connectivity index (χ1n) is 8.38. The average Bonchev–Trinajstić information content (AvgIpc) is 3.11. The molecule has 0 aliphatic heterocycles. The van der Waals surface area contributed by atoms with Crippen molar-refractivity contribution in [3.63, 3.8) is 0 Å². The minimum atomic E-state index is 0.488. The van der Waals surface area contributed by atoms with Crippen molar-refractivity contribution in [2.24, 2.45) is 5.10 Å². The van der Waals surface area contributed by atoms with E-state index in [1.807, 2.05) is 72.8 Å². The lowest BCUT2D eigenvalue weighted by Gasteiger charge is -2.07. The van der Waals surface area contributed by atoms with Crippen molar-refractivity contribution in [2.45, 2.75) is 6.61 Å². The number of thiazole rings is 1. The van der Waals surface area contributed by atoms with E-state index in [2.05, 4.69) is 15.5 Å². The normalized spacial score (nSPS) is 11.1. The van der Waals surface area contributed by atoms with E-state index in [4.69, 9.17) is 16.3 Å².